The van der Waals surface area contributed by atoms with E-state index in [2.05, 4.69) is 22.8 Å². The van der Waals surface area contributed by atoms with Crippen LogP contribution >= 0.6 is 0 Å². The van der Waals surface area contributed by atoms with Crippen LogP contribution in [0.3, 0.4) is 0 Å². The molecule has 5 N–H and O–H groups in total. The van der Waals surface area contributed by atoms with Crippen LogP contribution in [0.25, 0.3) is 5.76 Å². The molecule has 1 unspecified atom stereocenters. The summed E-state index contributed by atoms with van der Waals surface area (Å²) in [5, 5.41) is 34.5. The second-order valence-electron chi connectivity index (χ2n) is 8.07. The Morgan fingerprint density at radius 3 is 2.81 bits per heavy atom. The largest absolute Gasteiger partial charge is 0.507 e. The molecular weight excluding hydrogens is 408 g/mol. The lowest BCUT2D eigenvalue weighted by atomic mass is 9.99. The minimum atomic E-state index is -0.573. The highest BCUT2D eigenvalue weighted by Crippen LogP contribution is 2.33. The van der Waals surface area contributed by atoms with E-state index in [0.29, 0.717) is 13.1 Å². The second kappa shape index (κ2) is 10.3. The molecule has 8 nitrogen and oxygen atoms in total. The molecule has 2 aliphatic carbocycles. The van der Waals surface area contributed by atoms with E-state index in [-0.39, 0.29) is 40.3 Å². The first kappa shape index (κ1) is 23.3. The summed E-state index contributed by atoms with van der Waals surface area (Å²) in [5.41, 5.74) is 2.43. The van der Waals surface area contributed by atoms with Gasteiger partial charge in [-0.15, -0.1) is 0 Å². The summed E-state index contributed by atoms with van der Waals surface area (Å²) in [5.74, 6) is -1.54. The fourth-order valence-corrected chi connectivity index (χ4v) is 3.97. The number of amides is 2. The molecular formula is C24H30N4O4. The van der Waals surface area contributed by atoms with Crippen LogP contribution in [-0.4, -0.2) is 65.9 Å². The molecule has 1 aromatic rings. The number of rotatable bonds is 8. The Hall–Kier alpha value is -3.39. The van der Waals surface area contributed by atoms with E-state index in [0.717, 1.165) is 37.3 Å². The van der Waals surface area contributed by atoms with Crippen molar-refractivity contribution in [3.63, 3.8) is 0 Å². The SMILES string of the molecule is CNCCN(C)C(=O)c1ccc(/C(O)=C/C(=N)C(=O)NC2CCC3=C2C=CCC3)cc1O. The number of allylic oxidation sites excluding steroid dienone is 2. The van der Waals surface area contributed by atoms with Gasteiger partial charge in [0, 0.05) is 31.8 Å². The topological polar surface area (TPSA) is 126 Å². The van der Waals surface area contributed by atoms with Gasteiger partial charge in [0.2, 0.25) is 0 Å². The number of aromatic hydroxyl groups is 1. The third kappa shape index (κ3) is 5.26. The number of benzene rings is 1. The zero-order valence-corrected chi connectivity index (χ0v) is 18.4. The van der Waals surface area contributed by atoms with Gasteiger partial charge in [0.25, 0.3) is 11.8 Å². The fraction of sp³-hybridized carbons (Fsp3) is 0.375. The molecule has 0 heterocycles. The molecule has 8 heteroatoms. The Morgan fingerprint density at radius 1 is 1.31 bits per heavy atom. The maximum Gasteiger partial charge on any atom is 0.269 e. The molecule has 0 radical (unpaired) electrons. The van der Waals surface area contributed by atoms with Gasteiger partial charge in [0.15, 0.2) is 0 Å². The molecule has 1 aromatic carbocycles. The van der Waals surface area contributed by atoms with Crippen LogP contribution in [0.5, 0.6) is 5.75 Å². The van der Waals surface area contributed by atoms with Crippen molar-refractivity contribution in [2.24, 2.45) is 0 Å². The summed E-state index contributed by atoms with van der Waals surface area (Å²) in [7, 11) is 3.42. The Bertz CT molecular complexity index is 1010. The van der Waals surface area contributed by atoms with Crippen molar-refractivity contribution in [2.75, 3.05) is 27.2 Å². The predicted molar refractivity (Wildman–Crippen MR) is 124 cm³/mol. The number of phenols is 1. The molecule has 0 bridgehead atoms. The molecule has 2 amide bonds. The molecule has 0 aliphatic heterocycles. The van der Waals surface area contributed by atoms with Crippen LogP contribution in [0, 0.1) is 5.41 Å². The minimum Gasteiger partial charge on any atom is -0.507 e. The molecule has 0 spiro atoms. The maximum absolute atomic E-state index is 12.5. The van der Waals surface area contributed by atoms with Gasteiger partial charge in [-0.1, -0.05) is 23.8 Å². The number of nitrogens with zero attached hydrogens (tertiary/aromatic N) is 1. The van der Waals surface area contributed by atoms with Crippen molar-refractivity contribution in [1.82, 2.24) is 15.5 Å². The lowest BCUT2D eigenvalue weighted by Gasteiger charge is -2.18. The molecule has 0 fully saturated rings. The number of likely N-dealkylation sites (N-methyl/N-ethyl adjacent to an activating group) is 2. The summed E-state index contributed by atoms with van der Waals surface area (Å²) in [6, 6.07) is 4.02. The van der Waals surface area contributed by atoms with Crippen LogP contribution in [0.15, 0.2) is 47.6 Å². The molecule has 0 saturated carbocycles. The zero-order valence-electron chi connectivity index (χ0n) is 18.4. The lowest BCUT2D eigenvalue weighted by molar-refractivity contribution is -0.115. The van der Waals surface area contributed by atoms with E-state index in [4.69, 9.17) is 5.41 Å². The average molecular weight is 439 g/mol. The molecule has 0 saturated heterocycles. The van der Waals surface area contributed by atoms with Crippen LogP contribution in [-0.2, 0) is 4.79 Å². The lowest BCUT2D eigenvalue weighted by Crippen LogP contribution is -2.38. The third-order valence-corrected chi connectivity index (χ3v) is 5.83. The Morgan fingerprint density at radius 2 is 2.09 bits per heavy atom. The van der Waals surface area contributed by atoms with Gasteiger partial charge in [-0.25, -0.2) is 0 Å². The van der Waals surface area contributed by atoms with Gasteiger partial charge in [-0.05, 0) is 50.4 Å². The van der Waals surface area contributed by atoms with E-state index in [1.807, 2.05) is 0 Å². The van der Waals surface area contributed by atoms with Gasteiger partial charge in [-0.3, -0.25) is 15.0 Å². The number of carbonyl (C=O) groups excluding carboxylic acids is 2. The zero-order chi connectivity index (χ0) is 23.3. The highest BCUT2D eigenvalue weighted by atomic mass is 16.3. The Labute approximate surface area is 187 Å². The highest BCUT2D eigenvalue weighted by molar-refractivity contribution is 6.43. The number of nitrogens with one attached hydrogen (secondary N) is 3. The van der Waals surface area contributed by atoms with E-state index in [9.17, 15) is 19.8 Å². The first-order valence-electron chi connectivity index (χ1n) is 10.7. The molecule has 1 atom stereocenters. The van der Waals surface area contributed by atoms with Crippen LogP contribution < -0.4 is 10.6 Å². The summed E-state index contributed by atoms with van der Waals surface area (Å²) in [4.78, 5) is 26.4. The standard InChI is InChI=1S/C24H30N4O4/c1-26-11-12-28(2)24(32)18-9-7-16(13-22(18)30)21(29)14-19(25)23(31)27-20-10-8-15-5-3-4-6-17(15)20/h4,6-7,9,13-14,20,25-26,29-30H,3,5,8,10-12H2,1-2H3,(H,27,31)/b21-14-,25-19?. The van der Waals surface area contributed by atoms with E-state index in [1.54, 1.807) is 14.1 Å². The molecule has 2 aliphatic rings. The number of aliphatic hydroxyl groups is 1. The number of aliphatic hydroxyl groups excluding tert-OH is 1. The summed E-state index contributed by atoms with van der Waals surface area (Å²) < 4.78 is 0. The second-order valence-corrected chi connectivity index (χ2v) is 8.07. The maximum atomic E-state index is 12.5. The normalized spacial score (nSPS) is 17.8. The van der Waals surface area contributed by atoms with Gasteiger partial charge < -0.3 is 25.7 Å². The minimum absolute atomic E-state index is 0.110. The molecule has 3 rings (SSSR count). The van der Waals surface area contributed by atoms with Crippen molar-refractivity contribution in [3.8, 4) is 5.75 Å². The van der Waals surface area contributed by atoms with Crippen molar-refractivity contribution in [1.29, 1.82) is 5.41 Å². The quantitative estimate of drug-likeness (QED) is 0.315. The summed E-state index contributed by atoms with van der Waals surface area (Å²) >= 11 is 0. The molecule has 170 valence electrons. The Kier molecular flexibility index (Phi) is 7.48. The summed E-state index contributed by atoms with van der Waals surface area (Å²) in [6.45, 7) is 1.09. The van der Waals surface area contributed by atoms with Crippen molar-refractivity contribution < 1.29 is 19.8 Å². The predicted octanol–water partition coefficient (Wildman–Crippen LogP) is 2.53. The molecule has 0 aromatic heterocycles. The van der Waals surface area contributed by atoms with Crippen molar-refractivity contribution in [3.05, 3.63) is 58.7 Å². The van der Waals surface area contributed by atoms with Crippen LogP contribution in [0.2, 0.25) is 0 Å². The Balaban J connectivity index is 1.66. The molecule has 32 heavy (non-hydrogen) atoms. The van der Waals surface area contributed by atoms with Gasteiger partial charge in [0.05, 0.1) is 11.6 Å². The number of carbonyl (C=O) groups is 2. The number of hydrogen-bond acceptors (Lipinski definition) is 6. The number of hydrogen-bond donors (Lipinski definition) is 5. The highest BCUT2D eigenvalue weighted by Gasteiger charge is 2.27. The monoisotopic (exact) mass is 438 g/mol. The first-order chi connectivity index (χ1) is 15.3. The summed E-state index contributed by atoms with van der Waals surface area (Å²) in [6.07, 6.45) is 9.00. The van der Waals surface area contributed by atoms with Gasteiger partial charge in [0.1, 0.15) is 17.2 Å². The van der Waals surface area contributed by atoms with Crippen LogP contribution in [0.4, 0.5) is 0 Å². The van der Waals surface area contributed by atoms with Gasteiger partial charge >= 0.3 is 0 Å². The van der Waals surface area contributed by atoms with Crippen molar-refractivity contribution >= 4 is 23.3 Å². The van der Waals surface area contributed by atoms with E-state index >= 15 is 0 Å². The van der Waals surface area contributed by atoms with E-state index < -0.39 is 5.91 Å². The van der Waals surface area contributed by atoms with E-state index in [1.165, 1.54) is 28.7 Å². The average Bonchev–Trinajstić information content (AvgIpc) is 3.19. The third-order valence-electron chi connectivity index (χ3n) is 5.83. The van der Waals surface area contributed by atoms with Crippen molar-refractivity contribution in [2.45, 2.75) is 31.7 Å². The van der Waals surface area contributed by atoms with Crippen LogP contribution in [0.1, 0.15) is 41.6 Å². The first-order valence-corrected chi connectivity index (χ1v) is 10.7. The fourth-order valence-electron chi connectivity index (χ4n) is 3.97. The smallest absolute Gasteiger partial charge is 0.269 e. The van der Waals surface area contributed by atoms with Gasteiger partial charge in [-0.2, -0.15) is 0 Å². The number of phenolic OH excluding ortho intramolecular Hbond substituents is 1.